The summed E-state index contributed by atoms with van der Waals surface area (Å²) in [5.41, 5.74) is 2.06. The maximum atomic E-state index is 14.2. The number of hydrogen-bond donors (Lipinski definition) is 1. The molecule has 4 nitrogen and oxygen atoms in total. The van der Waals surface area contributed by atoms with Gasteiger partial charge in [-0.3, -0.25) is 0 Å². The summed E-state index contributed by atoms with van der Waals surface area (Å²) >= 11 is 0. The van der Waals surface area contributed by atoms with Crippen molar-refractivity contribution in [3.63, 3.8) is 0 Å². The second-order valence-corrected chi connectivity index (χ2v) is 5.04. The quantitative estimate of drug-likeness (QED) is 0.802. The number of aryl methyl sites for hydroxylation is 1. The van der Waals surface area contributed by atoms with Gasteiger partial charge in [0.15, 0.2) is 0 Å². The van der Waals surface area contributed by atoms with Gasteiger partial charge < -0.3 is 14.4 Å². The van der Waals surface area contributed by atoms with Crippen molar-refractivity contribution in [1.82, 2.24) is 4.57 Å². The number of fused-ring (bicyclic) bond motifs is 1. The number of aromatic nitrogens is 1. The van der Waals surface area contributed by atoms with Crippen molar-refractivity contribution in [3.8, 4) is 16.9 Å². The third-order valence-electron chi connectivity index (χ3n) is 3.70. The summed E-state index contributed by atoms with van der Waals surface area (Å²) in [4.78, 5) is 11.1. The van der Waals surface area contributed by atoms with E-state index in [9.17, 15) is 9.18 Å². The maximum absolute atomic E-state index is 14.2. The molecule has 3 aromatic rings. The fraction of sp³-hybridized carbons (Fsp3) is 0.118. The third kappa shape index (κ3) is 2.20. The number of benzene rings is 2. The Balaban J connectivity index is 2.26. The van der Waals surface area contributed by atoms with Gasteiger partial charge in [-0.05, 0) is 30.3 Å². The van der Waals surface area contributed by atoms with E-state index in [-0.39, 0.29) is 11.4 Å². The van der Waals surface area contributed by atoms with Crippen LogP contribution in [0.15, 0.2) is 42.6 Å². The van der Waals surface area contributed by atoms with Gasteiger partial charge in [0.1, 0.15) is 11.6 Å². The third-order valence-corrected chi connectivity index (χ3v) is 3.70. The second-order valence-electron chi connectivity index (χ2n) is 5.04. The van der Waals surface area contributed by atoms with Crippen LogP contribution < -0.4 is 4.74 Å². The van der Waals surface area contributed by atoms with Crippen LogP contribution in [0.3, 0.4) is 0 Å². The molecule has 2 aromatic carbocycles. The topological polar surface area (TPSA) is 51.5 Å². The molecule has 0 amide bonds. The molecule has 1 N–H and O–H groups in total. The summed E-state index contributed by atoms with van der Waals surface area (Å²) in [7, 11) is 3.33. The van der Waals surface area contributed by atoms with Crippen molar-refractivity contribution >= 4 is 16.9 Å². The van der Waals surface area contributed by atoms with Gasteiger partial charge in [0, 0.05) is 35.3 Å². The summed E-state index contributed by atoms with van der Waals surface area (Å²) in [6.07, 6.45) is 1.79. The molecule has 0 radical (unpaired) electrons. The van der Waals surface area contributed by atoms with Gasteiger partial charge in [0.2, 0.25) is 0 Å². The van der Waals surface area contributed by atoms with Crippen LogP contribution in [-0.4, -0.2) is 22.8 Å². The Morgan fingerprint density at radius 3 is 2.64 bits per heavy atom. The molecule has 1 heterocycles. The van der Waals surface area contributed by atoms with E-state index in [1.165, 1.54) is 19.2 Å². The molecule has 0 aliphatic carbocycles. The van der Waals surface area contributed by atoms with E-state index in [0.717, 1.165) is 10.9 Å². The SMILES string of the molecule is COc1ccc(F)c(-c2cn(C)c3cc(C(=O)O)ccc23)c1. The summed E-state index contributed by atoms with van der Waals surface area (Å²) < 4.78 is 21.1. The summed E-state index contributed by atoms with van der Waals surface area (Å²) in [6, 6.07) is 9.36. The van der Waals surface area contributed by atoms with Crippen molar-refractivity contribution in [2.75, 3.05) is 7.11 Å². The first kappa shape index (κ1) is 14.1. The standard InChI is InChI=1S/C17H14FNO3/c1-19-9-14(13-8-11(22-2)4-6-15(13)18)12-5-3-10(17(20)21)7-16(12)19/h3-9H,1-2H3,(H,20,21). The van der Waals surface area contributed by atoms with Crippen molar-refractivity contribution in [2.24, 2.45) is 7.05 Å². The van der Waals surface area contributed by atoms with Gasteiger partial charge in [-0.15, -0.1) is 0 Å². The number of rotatable bonds is 3. The summed E-state index contributed by atoms with van der Waals surface area (Å²) in [5, 5.41) is 9.88. The molecule has 0 saturated heterocycles. The molecule has 1 aromatic heterocycles. The van der Waals surface area contributed by atoms with Crippen LogP contribution in [0, 0.1) is 5.82 Å². The van der Waals surface area contributed by atoms with Crippen molar-refractivity contribution in [2.45, 2.75) is 0 Å². The van der Waals surface area contributed by atoms with Gasteiger partial charge >= 0.3 is 5.97 Å². The van der Waals surface area contributed by atoms with Crippen LogP contribution in [0.2, 0.25) is 0 Å². The zero-order valence-corrected chi connectivity index (χ0v) is 12.1. The first-order valence-electron chi connectivity index (χ1n) is 6.67. The van der Waals surface area contributed by atoms with Crippen LogP contribution in [0.5, 0.6) is 5.75 Å². The molecule has 0 saturated carbocycles. The Bertz CT molecular complexity index is 883. The number of nitrogens with zero attached hydrogens (tertiary/aromatic N) is 1. The van der Waals surface area contributed by atoms with Crippen LogP contribution in [0.4, 0.5) is 4.39 Å². The first-order valence-corrected chi connectivity index (χ1v) is 6.67. The molecular formula is C17H14FNO3. The average Bonchev–Trinajstić information content (AvgIpc) is 2.84. The number of halogens is 1. The van der Waals surface area contributed by atoms with Crippen LogP contribution in [0.25, 0.3) is 22.0 Å². The summed E-state index contributed by atoms with van der Waals surface area (Å²) in [5.74, 6) is -0.775. The van der Waals surface area contributed by atoms with E-state index in [4.69, 9.17) is 9.84 Å². The number of carbonyl (C=O) groups is 1. The number of carboxylic acids is 1. The molecule has 0 aliphatic heterocycles. The van der Waals surface area contributed by atoms with E-state index in [1.54, 1.807) is 42.1 Å². The Hall–Kier alpha value is -2.82. The highest BCUT2D eigenvalue weighted by Gasteiger charge is 2.15. The fourth-order valence-electron chi connectivity index (χ4n) is 2.57. The Kier molecular flexibility index (Phi) is 3.33. The molecule has 0 aliphatic rings. The zero-order chi connectivity index (χ0) is 15.9. The summed E-state index contributed by atoms with van der Waals surface area (Å²) in [6.45, 7) is 0. The normalized spacial score (nSPS) is 10.9. The lowest BCUT2D eigenvalue weighted by Gasteiger charge is -2.05. The van der Waals surface area contributed by atoms with Crippen LogP contribution >= 0.6 is 0 Å². The van der Waals surface area contributed by atoms with Gasteiger partial charge in [-0.25, -0.2) is 9.18 Å². The number of aromatic carboxylic acids is 1. The molecule has 0 bridgehead atoms. The lowest BCUT2D eigenvalue weighted by atomic mass is 10.0. The Morgan fingerprint density at radius 1 is 1.18 bits per heavy atom. The lowest BCUT2D eigenvalue weighted by molar-refractivity contribution is 0.0697. The molecule has 112 valence electrons. The zero-order valence-electron chi connectivity index (χ0n) is 12.1. The van der Waals surface area contributed by atoms with Crippen molar-refractivity contribution in [3.05, 3.63) is 54.0 Å². The van der Waals surface area contributed by atoms with E-state index < -0.39 is 5.97 Å². The first-order chi connectivity index (χ1) is 10.5. The van der Waals surface area contributed by atoms with Crippen LogP contribution in [0.1, 0.15) is 10.4 Å². The highest BCUT2D eigenvalue weighted by Crippen LogP contribution is 2.34. The minimum Gasteiger partial charge on any atom is -0.497 e. The molecule has 0 atom stereocenters. The lowest BCUT2D eigenvalue weighted by Crippen LogP contribution is -1.96. The predicted octanol–water partition coefficient (Wildman–Crippen LogP) is 3.69. The van der Waals surface area contributed by atoms with Crippen molar-refractivity contribution < 1.29 is 19.0 Å². The van der Waals surface area contributed by atoms with Crippen molar-refractivity contribution in [1.29, 1.82) is 0 Å². The number of methoxy groups -OCH3 is 1. The average molecular weight is 299 g/mol. The highest BCUT2D eigenvalue weighted by atomic mass is 19.1. The monoisotopic (exact) mass is 299 g/mol. The predicted molar refractivity (Wildman–Crippen MR) is 81.8 cm³/mol. The molecule has 0 unspecified atom stereocenters. The Morgan fingerprint density at radius 2 is 1.95 bits per heavy atom. The van der Waals surface area contributed by atoms with E-state index >= 15 is 0 Å². The van der Waals surface area contributed by atoms with Gasteiger partial charge in [0.25, 0.3) is 0 Å². The van der Waals surface area contributed by atoms with Crippen LogP contribution in [-0.2, 0) is 7.05 Å². The number of carboxylic acid groups (broad SMARTS) is 1. The number of hydrogen-bond acceptors (Lipinski definition) is 2. The smallest absolute Gasteiger partial charge is 0.335 e. The van der Waals surface area contributed by atoms with Gasteiger partial charge in [-0.1, -0.05) is 6.07 Å². The number of ether oxygens (including phenoxy) is 1. The fourth-order valence-corrected chi connectivity index (χ4v) is 2.57. The largest absolute Gasteiger partial charge is 0.497 e. The van der Waals surface area contributed by atoms with Gasteiger partial charge in [0.05, 0.1) is 12.7 Å². The molecule has 5 heteroatoms. The molecular weight excluding hydrogens is 285 g/mol. The molecule has 0 spiro atoms. The maximum Gasteiger partial charge on any atom is 0.335 e. The van der Waals surface area contributed by atoms with E-state index in [0.29, 0.717) is 16.9 Å². The minimum atomic E-state index is -0.989. The minimum absolute atomic E-state index is 0.200. The highest BCUT2D eigenvalue weighted by molar-refractivity contribution is 6.00. The van der Waals surface area contributed by atoms with E-state index in [1.807, 2.05) is 0 Å². The Labute approximate surface area is 126 Å². The molecule has 22 heavy (non-hydrogen) atoms. The molecule has 0 fully saturated rings. The molecule has 3 rings (SSSR count). The van der Waals surface area contributed by atoms with Gasteiger partial charge in [-0.2, -0.15) is 0 Å². The van der Waals surface area contributed by atoms with E-state index in [2.05, 4.69) is 0 Å². The second kappa shape index (κ2) is 5.18.